The van der Waals surface area contributed by atoms with Crippen LogP contribution in [0.25, 0.3) is 5.82 Å². The van der Waals surface area contributed by atoms with Crippen LogP contribution in [0.2, 0.25) is 0 Å². The summed E-state index contributed by atoms with van der Waals surface area (Å²) in [6.45, 7) is 0. The molecule has 1 fully saturated rings. The fraction of sp³-hybridized carbons (Fsp3) is 0.429. The van der Waals surface area contributed by atoms with Gasteiger partial charge < -0.3 is 4.98 Å². The molecule has 1 aliphatic carbocycles. The number of aromatic amines is 1. The van der Waals surface area contributed by atoms with Gasteiger partial charge in [-0.25, -0.2) is 15.0 Å². The molecule has 4 rings (SSSR count). The van der Waals surface area contributed by atoms with Gasteiger partial charge >= 0.3 is 0 Å². The summed E-state index contributed by atoms with van der Waals surface area (Å²) in [4.78, 5) is 29.2. The zero-order valence-corrected chi connectivity index (χ0v) is 12.9. The third-order valence-electron chi connectivity index (χ3n) is 4.14. The van der Waals surface area contributed by atoms with Crippen molar-refractivity contribution in [3.63, 3.8) is 0 Å². The number of hydrogen-bond acceptors (Lipinski definition) is 4. The highest BCUT2D eigenvalue weighted by Gasteiger charge is 2.34. The highest BCUT2D eigenvalue weighted by Crippen LogP contribution is 2.32. The molecule has 2 aromatic rings. The number of rotatable bonds is 1. The van der Waals surface area contributed by atoms with Crippen molar-refractivity contribution >= 4 is 15.9 Å². The summed E-state index contributed by atoms with van der Waals surface area (Å²) in [5, 5.41) is 0.452. The standard InChI is InChI=1S/C14H14BrN5O/c15-9-11(21)10-12(17-13(9)20-7-6-16-8-20)19-14(18-10)4-2-1-3-5-14/h6-8H,1-5H2,(H,17,19). The van der Waals surface area contributed by atoms with Crippen LogP contribution >= 0.6 is 15.9 Å². The van der Waals surface area contributed by atoms with Crippen LogP contribution in [0.3, 0.4) is 0 Å². The minimum absolute atomic E-state index is 0.112. The van der Waals surface area contributed by atoms with Crippen molar-refractivity contribution in [2.45, 2.75) is 37.8 Å². The maximum atomic E-state index is 12.5. The summed E-state index contributed by atoms with van der Waals surface area (Å²) in [5.41, 5.74) is 0.0657. The summed E-state index contributed by atoms with van der Waals surface area (Å²) in [6, 6.07) is 0. The van der Waals surface area contributed by atoms with E-state index in [0.29, 0.717) is 21.1 Å². The lowest BCUT2D eigenvalue weighted by atomic mass is 9.90. The van der Waals surface area contributed by atoms with Gasteiger partial charge in [-0.15, -0.1) is 0 Å². The Labute approximate surface area is 128 Å². The second-order valence-corrected chi connectivity index (χ2v) is 6.34. The SMILES string of the molecule is O=c1c(Br)c(-n2ccnc2)[nH]c2c1=NC1(CCCCC1)N=2. The van der Waals surface area contributed by atoms with E-state index in [-0.39, 0.29) is 5.43 Å². The van der Waals surface area contributed by atoms with E-state index in [1.807, 2.05) is 0 Å². The molecular formula is C14H14BrN5O. The molecule has 1 N–H and O–H groups in total. The molecular weight excluding hydrogens is 334 g/mol. The predicted molar refractivity (Wildman–Crippen MR) is 80.0 cm³/mol. The zero-order chi connectivity index (χ0) is 14.4. The third-order valence-corrected chi connectivity index (χ3v) is 4.88. The second kappa shape index (κ2) is 4.62. The summed E-state index contributed by atoms with van der Waals surface area (Å²) in [6.07, 6.45) is 10.4. The van der Waals surface area contributed by atoms with Crippen LogP contribution in [-0.4, -0.2) is 20.2 Å². The number of fused-ring (bicyclic) bond motifs is 1. The van der Waals surface area contributed by atoms with Gasteiger partial charge in [-0.05, 0) is 41.6 Å². The van der Waals surface area contributed by atoms with Crippen molar-refractivity contribution < 1.29 is 0 Å². The number of imidazole rings is 1. The molecule has 2 aromatic heterocycles. The zero-order valence-electron chi connectivity index (χ0n) is 11.3. The molecule has 0 amide bonds. The summed E-state index contributed by atoms with van der Waals surface area (Å²) in [7, 11) is 0. The number of nitrogens with zero attached hydrogens (tertiary/aromatic N) is 4. The van der Waals surface area contributed by atoms with Crippen molar-refractivity contribution in [1.29, 1.82) is 0 Å². The lowest BCUT2D eigenvalue weighted by molar-refractivity contribution is 0.308. The number of nitrogens with one attached hydrogen (secondary N) is 1. The molecule has 21 heavy (non-hydrogen) atoms. The molecule has 0 atom stereocenters. The van der Waals surface area contributed by atoms with Crippen molar-refractivity contribution in [2.24, 2.45) is 9.98 Å². The molecule has 1 aliphatic heterocycles. The normalized spacial score (nSPS) is 19.1. The van der Waals surface area contributed by atoms with E-state index in [1.54, 1.807) is 23.3 Å². The third kappa shape index (κ3) is 1.98. The molecule has 1 spiro atoms. The number of H-pyrrole nitrogens is 1. The summed E-state index contributed by atoms with van der Waals surface area (Å²) < 4.78 is 2.22. The van der Waals surface area contributed by atoms with Crippen LogP contribution in [-0.2, 0) is 0 Å². The minimum Gasteiger partial charge on any atom is -0.323 e. The maximum absolute atomic E-state index is 12.5. The Morgan fingerprint density at radius 2 is 2.05 bits per heavy atom. The van der Waals surface area contributed by atoms with Gasteiger partial charge in [-0.3, -0.25) is 9.36 Å². The van der Waals surface area contributed by atoms with Crippen LogP contribution in [0.4, 0.5) is 0 Å². The Bertz CT molecular complexity index is 862. The van der Waals surface area contributed by atoms with E-state index in [4.69, 9.17) is 4.99 Å². The number of hydrogen-bond donors (Lipinski definition) is 1. The summed E-state index contributed by atoms with van der Waals surface area (Å²) >= 11 is 3.37. The second-order valence-electron chi connectivity index (χ2n) is 5.55. The Morgan fingerprint density at radius 3 is 2.76 bits per heavy atom. The average Bonchev–Trinajstić information content (AvgIpc) is 3.12. The molecule has 0 unspecified atom stereocenters. The number of halogens is 1. The van der Waals surface area contributed by atoms with Gasteiger partial charge in [0, 0.05) is 12.4 Å². The fourth-order valence-corrected chi connectivity index (χ4v) is 3.57. The molecule has 1 saturated carbocycles. The van der Waals surface area contributed by atoms with Gasteiger partial charge in [0.25, 0.3) is 0 Å². The Morgan fingerprint density at radius 1 is 1.24 bits per heavy atom. The molecule has 7 heteroatoms. The first-order valence-electron chi connectivity index (χ1n) is 7.08. The minimum atomic E-state index is -0.413. The van der Waals surface area contributed by atoms with Gasteiger partial charge in [0.1, 0.15) is 16.6 Å². The van der Waals surface area contributed by atoms with Crippen molar-refractivity contribution in [3.05, 3.63) is 44.3 Å². The molecule has 108 valence electrons. The molecule has 0 radical (unpaired) electrons. The Kier molecular flexibility index (Phi) is 2.85. The quantitative estimate of drug-likeness (QED) is 0.842. The van der Waals surface area contributed by atoms with Crippen molar-refractivity contribution in [3.8, 4) is 5.82 Å². The van der Waals surface area contributed by atoms with E-state index in [0.717, 1.165) is 25.7 Å². The predicted octanol–water partition coefficient (Wildman–Crippen LogP) is 1.24. The van der Waals surface area contributed by atoms with Crippen LogP contribution in [0, 0.1) is 0 Å². The van der Waals surface area contributed by atoms with E-state index in [1.165, 1.54) is 6.42 Å². The lowest BCUT2D eigenvalue weighted by Crippen LogP contribution is -2.41. The van der Waals surface area contributed by atoms with Gasteiger partial charge in [0.05, 0.1) is 0 Å². The first kappa shape index (κ1) is 12.9. The van der Waals surface area contributed by atoms with E-state index >= 15 is 0 Å². The number of aromatic nitrogens is 3. The van der Waals surface area contributed by atoms with Crippen LogP contribution in [0.1, 0.15) is 32.1 Å². The molecule has 3 heterocycles. The van der Waals surface area contributed by atoms with Crippen LogP contribution < -0.4 is 16.3 Å². The highest BCUT2D eigenvalue weighted by atomic mass is 79.9. The van der Waals surface area contributed by atoms with Gasteiger partial charge in [0.15, 0.2) is 16.5 Å². The van der Waals surface area contributed by atoms with Crippen LogP contribution in [0.15, 0.2) is 38.0 Å². The topological polar surface area (TPSA) is 75.4 Å². The first-order valence-corrected chi connectivity index (χ1v) is 7.88. The Hall–Kier alpha value is -1.76. The molecule has 0 saturated heterocycles. The van der Waals surface area contributed by atoms with Gasteiger partial charge in [-0.2, -0.15) is 0 Å². The maximum Gasteiger partial charge on any atom is 0.225 e. The largest absolute Gasteiger partial charge is 0.323 e. The lowest BCUT2D eigenvalue weighted by Gasteiger charge is -2.26. The van der Waals surface area contributed by atoms with Gasteiger partial charge in [-0.1, -0.05) is 6.42 Å². The summed E-state index contributed by atoms with van der Waals surface area (Å²) in [5.74, 6) is 0.642. The average molecular weight is 348 g/mol. The molecule has 2 aliphatic rings. The van der Waals surface area contributed by atoms with Crippen molar-refractivity contribution in [1.82, 2.24) is 14.5 Å². The van der Waals surface area contributed by atoms with E-state index in [9.17, 15) is 4.79 Å². The smallest absolute Gasteiger partial charge is 0.225 e. The first-order chi connectivity index (χ1) is 10.2. The monoisotopic (exact) mass is 347 g/mol. The molecule has 0 aromatic carbocycles. The molecule has 0 bridgehead atoms. The highest BCUT2D eigenvalue weighted by molar-refractivity contribution is 9.10. The van der Waals surface area contributed by atoms with Gasteiger partial charge in [0.2, 0.25) is 5.43 Å². The number of pyridine rings is 1. The fourth-order valence-electron chi connectivity index (χ4n) is 3.08. The van der Waals surface area contributed by atoms with E-state index < -0.39 is 5.66 Å². The van der Waals surface area contributed by atoms with E-state index in [2.05, 4.69) is 30.9 Å². The molecule has 6 nitrogen and oxygen atoms in total. The van der Waals surface area contributed by atoms with Crippen molar-refractivity contribution in [2.75, 3.05) is 0 Å². The Balaban J connectivity index is 1.96. The van der Waals surface area contributed by atoms with Crippen LogP contribution in [0.5, 0.6) is 0 Å².